The highest BCUT2D eigenvalue weighted by Gasteiger charge is 2.36. The van der Waals surface area contributed by atoms with Crippen molar-refractivity contribution in [1.82, 2.24) is 0 Å². The molecule has 0 saturated heterocycles. The van der Waals surface area contributed by atoms with E-state index in [0.29, 0.717) is 29.2 Å². The molecule has 0 saturated carbocycles. The lowest BCUT2D eigenvalue weighted by Gasteiger charge is -2.33. The molecule has 0 spiro atoms. The average molecular weight is 392 g/mol. The zero-order valence-electron chi connectivity index (χ0n) is 13.4. The Morgan fingerprint density at radius 2 is 1.71 bits per heavy atom. The van der Waals surface area contributed by atoms with Gasteiger partial charge in [-0.1, -0.05) is 31.5 Å². The van der Waals surface area contributed by atoms with Gasteiger partial charge >= 0.3 is 14.4 Å². The fourth-order valence-electron chi connectivity index (χ4n) is 2.11. The molecule has 138 valence electrons. The average Bonchev–Trinajstić information content (AvgIpc) is 2.48. The van der Waals surface area contributed by atoms with E-state index < -0.39 is 26.6 Å². The lowest BCUT2D eigenvalue weighted by molar-refractivity contribution is -0.209. The van der Waals surface area contributed by atoms with E-state index in [4.69, 9.17) is 35.4 Å². The van der Waals surface area contributed by atoms with Crippen LogP contribution in [0.5, 0.6) is 5.75 Å². The minimum Gasteiger partial charge on any atom is -0.495 e. The van der Waals surface area contributed by atoms with Gasteiger partial charge in [-0.25, -0.2) is 0 Å². The molecule has 0 atom stereocenters. The van der Waals surface area contributed by atoms with E-state index in [1.165, 1.54) is 7.11 Å². The predicted octanol–water partition coefficient (Wildman–Crippen LogP) is 4.57. The Bertz CT molecular complexity index is 532. The topological polar surface area (TPSA) is 76.0 Å². The number of hydrogen-bond acceptors (Lipinski definition) is 3. The Balaban J connectivity index is 0.00000118. The van der Waals surface area contributed by atoms with Crippen molar-refractivity contribution in [3.63, 3.8) is 0 Å². The third kappa shape index (κ3) is 7.77. The molecule has 1 rings (SSSR count). The quantitative estimate of drug-likeness (QED) is 0.695. The van der Waals surface area contributed by atoms with Crippen LogP contribution in [0.1, 0.15) is 32.3 Å². The standard InChI is InChI=1S/C14H18ClF3O2.HO3P/c1-4-13(5-2,20-9-14(16,17)18)10-6-7-11(15)12(8-10)19-3;1-4(2)3/h6-8H,4-5,9H2,1-3H3;(H-,1,2,3)/p+1. The lowest BCUT2D eigenvalue weighted by atomic mass is 9.88. The molecule has 1 aromatic carbocycles. The van der Waals surface area contributed by atoms with Gasteiger partial charge in [-0.05, 0) is 30.5 Å². The van der Waals surface area contributed by atoms with Gasteiger partial charge in [-0.15, -0.1) is 9.79 Å². The molecular formula is C14H20ClF3O5P+. The third-order valence-electron chi connectivity index (χ3n) is 3.33. The van der Waals surface area contributed by atoms with Gasteiger partial charge in [0.15, 0.2) is 0 Å². The number of alkyl halides is 3. The first-order valence-electron chi connectivity index (χ1n) is 6.91. The number of halogens is 4. The van der Waals surface area contributed by atoms with Gasteiger partial charge in [0.2, 0.25) is 0 Å². The molecule has 0 aliphatic heterocycles. The SMILES string of the molecule is CCC(CC)(OCC(F)(F)F)c1ccc(Cl)c(OC)c1.O=[P+](O)O. The summed E-state index contributed by atoms with van der Waals surface area (Å²) in [6.07, 6.45) is -3.51. The van der Waals surface area contributed by atoms with Crippen LogP contribution < -0.4 is 4.74 Å². The van der Waals surface area contributed by atoms with Crippen molar-refractivity contribution in [3.8, 4) is 5.75 Å². The summed E-state index contributed by atoms with van der Waals surface area (Å²) in [5.74, 6) is 0.422. The normalized spacial score (nSPS) is 11.5. The van der Waals surface area contributed by atoms with E-state index in [0.717, 1.165) is 0 Å². The smallest absolute Gasteiger partial charge is 0.495 e. The monoisotopic (exact) mass is 391 g/mol. The van der Waals surface area contributed by atoms with Crippen molar-refractivity contribution >= 4 is 19.9 Å². The number of rotatable bonds is 6. The number of methoxy groups -OCH3 is 1. The number of ether oxygens (including phenoxy) is 2. The maximum absolute atomic E-state index is 12.4. The van der Waals surface area contributed by atoms with E-state index >= 15 is 0 Å². The van der Waals surface area contributed by atoms with E-state index in [1.807, 2.05) is 0 Å². The maximum Gasteiger partial charge on any atom is 0.692 e. The number of benzene rings is 1. The summed E-state index contributed by atoms with van der Waals surface area (Å²) >= 11 is 5.94. The predicted molar refractivity (Wildman–Crippen MR) is 84.3 cm³/mol. The van der Waals surface area contributed by atoms with Gasteiger partial charge in [0.25, 0.3) is 0 Å². The van der Waals surface area contributed by atoms with Crippen molar-refractivity contribution in [1.29, 1.82) is 0 Å². The van der Waals surface area contributed by atoms with Crippen LogP contribution in [0.2, 0.25) is 5.02 Å². The van der Waals surface area contributed by atoms with Crippen molar-refractivity contribution in [2.24, 2.45) is 0 Å². The van der Waals surface area contributed by atoms with Gasteiger partial charge in [0, 0.05) is 4.57 Å². The molecule has 0 aromatic heterocycles. The van der Waals surface area contributed by atoms with Crippen LogP contribution in [0.25, 0.3) is 0 Å². The molecule has 0 heterocycles. The molecule has 0 amide bonds. The van der Waals surface area contributed by atoms with Crippen LogP contribution in [0.15, 0.2) is 18.2 Å². The summed E-state index contributed by atoms with van der Waals surface area (Å²) in [4.78, 5) is 14.2. The third-order valence-corrected chi connectivity index (χ3v) is 3.64. The molecule has 0 radical (unpaired) electrons. The minimum absolute atomic E-state index is 0.410. The van der Waals surface area contributed by atoms with E-state index in [1.54, 1.807) is 32.0 Å². The van der Waals surface area contributed by atoms with Gasteiger partial charge in [-0.2, -0.15) is 13.2 Å². The van der Waals surface area contributed by atoms with Crippen LogP contribution in [-0.2, 0) is 14.9 Å². The van der Waals surface area contributed by atoms with E-state index in [-0.39, 0.29) is 0 Å². The largest absolute Gasteiger partial charge is 0.692 e. The second-order valence-corrected chi connectivity index (χ2v) is 5.62. The van der Waals surface area contributed by atoms with Gasteiger partial charge in [0.1, 0.15) is 12.4 Å². The Morgan fingerprint density at radius 1 is 1.21 bits per heavy atom. The van der Waals surface area contributed by atoms with Gasteiger partial charge in [0.05, 0.1) is 17.7 Å². The Labute approximate surface area is 144 Å². The molecule has 24 heavy (non-hydrogen) atoms. The first-order valence-corrected chi connectivity index (χ1v) is 8.45. The Hall–Kier alpha value is -0.920. The summed E-state index contributed by atoms with van der Waals surface area (Å²) < 4.78 is 56.2. The molecular weight excluding hydrogens is 372 g/mol. The van der Waals surface area contributed by atoms with Crippen molar-refractivity contribution in [3.05, 3.63) is 28.8 Å². The molecule has 1 aromatic rings. The van der Waals surface area contributed by atoms with Crippen molar-refractivity contribution in [2.45, 2.75) is 38.5 Å². The maximum atomic E-state index is 12.4. The fourth-order valence-corrected chi connectivity index (χ4v) is 2.30. The highest BCUT2D eigenvalue weighted by atomic mass is 35.5. The first-order chi connectivity index (χ1) is 11.0. The molecule has 0 bridgehead atoms. The summed E-state index contributed by atoms with van der Waals surface area (Å²) in [7, 11) is -1.41. The van der Waals surface area contributed by atoms with Crippen LogP contribution in [0.4, 0.5) is 13.2 Å². The first kappa shape index (κ1) is 23.1. The highest BCUT2D eigenvalue weighted by Crippen LogP contribution is 2.38. The number of hydrogen-bond donors (Lipinski definition) is 2. The van der Waals surface area contributed by atoms with Gasteiger partial charge in [-0.3, -0.25) is 0 Å². The lowest BCUT2D eigenvalue weighted by Crippen LogP contribution is -2.33. The van der Waals surface area contributed by atoms with Gasteiger partial charge < -0.3 is 9.47 Å². The van der Waals surface area contributed by atoms with Crippen LogP contribution in [0, 0.1) is 0 Å². The minimum atomic E-state index is -4.36. The summed E-state index contributed by atoms with van der Waals surface area (Å²) in [5, 5.41) is 0.410. The van der Waals surface area contributed by atoms with E-state index in [9.17, 15) is 13.2 Å². The molecule has 0 unspecified atom stereocenters. The molecule has 10 heteroatoms. The Morgan fingerprint density at radius 3 is 2.08 bits per heavy atom. The fraction of sp³-hybridized carbons (Fsp3) is 0.571. The second-order valence-electron chi connectivity index (χ2n) is 4.71. The van der Waals surface area contributed by atoms with Crippen LogP contribution in [0.3, 0.4) is 0 Å². The van der Waals surface area contributed by atoms with Crippen molar-refractivity contribution in [2.75, 3.05) is 13.7 Å². The highest BCUT2D eigenvalue weighted by molar-refractivity contribution is 7.30. The Kier molecular flexibility index (Phi) is 9.77. The zero-order valence-corrected chi connectivity index (χ0v) is 15.1. The molecule has 5 nitrogen and oxygen atoms in total. The van der Waals surface area contributed by atoms with E-state index in [2.05, 4.69) is 0 Å². The molecule has 0 aliphatic rings. The zero-order chi connectivity index (χ0) is 19.0. The second kappa shape index (κ2) is 10.2. The van der Waals surface area contributed by atoms with Crippen LogP contribution in [-0.4, -0.2) is 29.7 Å². The summed E-state index contributed by atoms with van der Waals surface area (Å²) in [6.45, 7) is 2.31. The molecule has 2 N–H and O–H groups in total. The summed E-state index contributed by atoms with van der Waals surface area (Å²) in [5.41, 5.74) is -0.360. The molecule has 0 aliphatic carbocycles. The molecule has 0 fully saturated rings. The van der Waals surface area contributed by atoms with Crippen LogP contribution >= 0.6 is 19.9 Å². The summed E-state index contributed by atoms with van der Waals surface area (Å²) in [6, 6.07) is 4.91. The van der Waals surface area contributed by atoms with Crippen molar-refractivity contribution < 1.29 is 37.0 Å².